The van der Waals surface area contributed by atoms with Gasteiger partial charge in [0.2, 0.25) is 0 Å². The first-order chi connectivity index (χ1) is 12.1. The molecular weight excluding hydrogens is 321 g/mol. The second kappa shape index (κ2) is 7.55. The number of hydrogen-bond acceptors (Lipinski definition) is 3. The van der Waals surface area contributed by atoms with E-state index in [4.69, 9.17) is 9.47 Å². The van der Waals surface area contributed by atoms with Crippen molar-refractivity contribution in [3.8, 4) is 5.75 Å². The van der Waals surface area contributed by atoms with E-state index in [2.05, 4.69) is 0 Å². The number of carbonyl (C=O) groups excluding carboxylic acids is 1. The molecule has 0 spiro atoms. The van der Waals surface area contributed by atoms with E-state index < -0.39 is 0 Å². The molecule has 1 fully saturated rings. The lowest BCUT2D eigenvalue weighted by Gasteiger charge is -2.27. The number of amides is 1. The van der Waals surface area contributed by atoms with E-state index in [0.717, 1.165) is 18.4 Å². The van der Waals surface area contributed by atoms with Crippen molar-refractivity contribution >= 4 is 6.09 Å². The summed E-state index contributed by atoms with van der Waals surface area (Å²) in [6, 6.07) is 14.4. The van der Waals surface area contributed by atoms with Crippen molar-refractivity contribution in [3.05, 3.63) is 65.5 Å². The van der Waals surface area contributed by atoms with Crippen LogP contribution in [-0.4, -0.2) is 24.1 Å². The summed E-state index contributed by atoms with van der Waals surface area (Å²) in [5.41, 5.74) is 1.57. The maximum absolute atomic E-state index is 13.6. The summed E-state index contributed by atoms with van der Waals surface area (Å²) < 4.78 is 24.2. The van der Waals surface area contributed by atoms with Gasteiger partial charge in [-0.05, 0) is 43.5 Å². The maximum atomic E-state index is 13.6. The molecule has 1 heterocycles. The second-order valence-electron chi connectivity index (χ2n) is 6.27. The number of rotatable bonds is 4. The highest BCUT2D eigenvalue weighted by molar-refractivity contribution is 5.69. The van der Waals surface area contributed by atoms with Gasteiger partial charge < -0.3 is 9.47 Å². The SMILES string of the molecule is COC(=O)N1[C@H](C)CC[C@@H]1c1ccc(OCc2ccccc2F)cc1. The predicted molar refractivity (Wildman–Crippen MR) is 92.9 cm³/mol. The molecule has 0 aliphatic carbocycles. The summed E-state index contributed by atoms with van der Waals surface area (Å²) in [7, 11) is 1.41. The molecule has 2 aromatic carbocycles. The van der Waals surface area contributed by atoms with Crippen molar-refractivity contribution < 1.29 is 18.7 Å². The Hall–Kier alpha value is -2.56. The Morgan fingerprint density at radius 3 is 2.56 bits per heavy atom. The average Bonchev–Trinajstić information content (AvgIpc) is 3.02. The number of halogens is 1. The number of nitrogens with zero attached hydrogens (tertiary/aromatic N) is 1. The van der Waals surface area contributed by atoms with E-state index in [1.54, 1.807) is 23.1 Å². The zero-order valence-electron chi connectivity index (χ0n) is 14.4. The molecule has 132 valence electrons. The van der Waals surface area contributed by atoms with Gasteiger partial charge in [0.05, 0.1) is 13.2 Å². The minimum Gasteiger partial charge on any atom is -0.489 e. The van der Waals surface area contributed by atoms with Gasteiger partial charge in [0, 0.05) is 11.6 Å². The first kappa shape index (κ1) is 17.3. The molecule has 1 saturated heterocycles. The lowest BCUT2D eigenvalue weighted by atomic mass is 10.0. The first-order valence-electron chi connectivity index (χ1n) is 8.42. The van der Waals surface area contributed by atoms with E-state index in [1.807, 2.05) is 31.2 Å². The van der Waals surface area contributed by atoms with E-state index >= 15 is 0 Å². The van der Waals surface area contributed by atoms with Gasteiger partial charge in [-0.25, -0.2) is 9.18 Å². The fourth-order valence-electron chi connectivity index (χ4n) is 3.29. The number of likely N-dealkylation sites (tertiary alicyclic amines) is 1. The third kappa shape index (κ3) is 3.76. The minimum atomic E-state index is -0.296. The normalized spacial score (nSPS) is 19.7. The van der Waals surface area contributed by atoms with Crippen molar-refractivity contribution in [2.45, 2.75) is 38.5 Å². The molecule has 0 N–H and O–H groups in total. The van der Waals surface area contributed by atoms with Gasteiger partial charge in [0.25, 0.3) is 0 Å². The van der Waals surface area contributed by atoms with Crippen LogP contribution in [0.2, 0.25) is 0 Å². The standard InChI is InChI=1S/C20H22FNO3/c1-14-7-12-19(22(14)20(23)24-2)15-8-10-17(11-9-15)25-13-16-5-3-4-6-18(16)21/h3-6,8-11,14,19H,7,12-13H2,1-2H3/t14-,19-/m1/s1. The molecule has 4 nitrogen and oxygen atoms in total. The summed E-state index contributed by atoms with van der Waals surface area (Å²) in [4.78, 5) is 13.8. The Kier molecular flexibility index (Phi) is 5.22. The van der Waals surface area contributed by atoms with Crippen LogP contribution >= 0.6 is 0 Å². The molecule has 0 unspecified atom stereocenters. The lowest BCUT2D eigenvalue weighted by molar-refractivity contribution is 0.105. The molecule has 1 aliphatic rings. The number of ether oxygens (including phenoxy) is 2. The molecule has 1 aliphatic heterocycles. The number of benzene rings is 2. The monoisotopic (exact) mass is 343 g/mol. The molecule has 2 aromatic rings. The van der Waals surface area contributed by atoms with Gasteiger partial charge in [-0.3, -0.25) is 4.90 Å². The second-order valence-corrected chi connectivity index (χ2v) is 6.27. The van der Waals surface area contributed by atoms with Crippen molar-refractivity contribution in [1.82, 2.24) is 4.90 Å². The number of methoxy groups -OCH3 is 1. The quantitative estimate of drug-likeness (QED) is 0.808. The number of hydrogen-bond donors (Lipinski definition) is 0. The Morgan fingerprint density at radius 1 is 1.16 bits per heavy atom. The first-order valence-corrected chi connectivity index (χ1v) is 8.42. The van der Waals surface area contributed by atoms with Gasteiger partial charge in [-0.15, -0.1) is 0 Å². The fraction of sp³-hybridized carbons (Fsp3) is 0.350. The van der Waals surface area contributed by atoms with E-state index in [-0.39, 0.29) is 30.6 Å². The van der Waals surface area contributed by atoms with E-state index in [0.29, 0.717) is 11.3 Å². The molecule has 5 heteroatoms. The van der Waals surface area contributed by atoms with E-state index in [9.17, 15) is 9.18 Å². The zero-order valence-corrected chi connectivity index (χ0v) is 14.4. The molecule has 2 atom stereocenters. The maximum Gasteiger partial charge on any atom is 0.410 e. The Balaban J connectivity index is 1.68. The van der Waals surface area contributed by atoms with Crippen molar-refractivity contribution in [1.29, 1.82) is 0 Å². The molecule has 3 rings (SSSR count). The summed E-state index contributed by atoms with van der Waals surface area (Å²) >= 11 is 0. The lowest BCUT2D eigenvalue weighted by Crippen LogP contribution is -2.35. The van der Waals surface area contributed by atoms with Gasteiger partial charge >= 0.3 is 6.09 Å². The van der Waals surface area contributed by atoms with Crippen molar-refractivity contribution in [2.24, 2.45) is 0 Å². The van der Waals surface area contributed by atoms with Crippen LogP contribution in [0.15, 0.2) is 48.5 Å². The van der Waals surface area contributed by atoms with Crippen LogP contribution in [0.3, 0.4) is 0 Å². The highest BCUT2D eigenvalue weighted by Gasteiger charge is 2.35. The van der Waals surface area contributed by atoms with Crippen LogP contribution in [0.25, 0.3) is 0 Å². The number of carbonyl (C=O) groups is 1. The van der Waals surface area contributed by atoms with Crippen LogP contribution in [0.1, 0.15) is 36.9 Å². The Bertz CT molecular complexity index is 732. The summed E-state index contributed by atoms with van der Waals surface area (Å²) in [5.74, 6) is 0.399. The van der Waals surface area contributed by atoms with Crippen LogP contribution in [0, 0.1) is 5.82 Å². The zero-order chi connectivity index (χ0) is 17.8. The van der Waals surface area contributed by atoms with Gasteiger partial charge in [-0.1, -0.05) is 30.3 Å². The van der Waals surface area contributed by atoms with Gasteiger partial charge in [0.1, 0.15) is 18.2 Å². The predicted octanol–water partition coefficient (Wildman–Crippen LogP) is 4.70. The molecule has 1 amide bonds. The fourth-order valence-corrected chi connectivity index (χ4v) is 3.29. The molecule has 0 saturated carbocycles. The van der Waals surface area contributed by atoms with Gasteiger partial charge in [-0.2, -0.15) is 0 Å². The highest BCUT2D eigenvalue weighted by atomic mass is 19.1. The summed E-state index contributed by atoms with van der Waals surface area (Å²) in [6.07, 6.45) is 1.56. The Morgan fingerprint density at radius 2 is 1.88 bits per heavy atom. The smallest absolute Gasteiger partial charge is 0.410 e. The summed E-state index contributed by atoms with van der Waals surface area (Å²) in [6.45, 7) is 2.21. The highest BCUT2D eigenvalue weighted by Crippen LogP contribution is 2.37. The van der Waals surface area contributed by atoms with Crippen molar-refractivity contribution in [3.63, 3.8) is 0 Å². The summed E-state index contributed by atoms with van der Waals surface area (Å²) in [5, 5.41) is 0. The van der Waals surface area contributed by atoms with Crippen LogP contribution in [0.4, 0.5) is 9.18 Å². The average molecular weight is 343 g/mol. The molecule has 0 bridgehead atoms. The van der Waals surface area contributed by atoms with Gasteiger partial charge in [0.15, 0.2) is 0 Å². The minimum absolute atomic E-state index is 0.0167. The Labute approximate surface area is 147 Å². The molecule has 0 aromatic heterocycles. The van der Waals surface area contributed by atoms with Crippen molar-refractivity contribution in [2.75, 3.05) is 7.11 Å². The largest absolute Gasteiger partial charge is 0.489 e. The molecule has 0 radical (unpaired) electrons. The van der Waals surface area contributed by atoms with Crippen LogP contribution in [0.5, 0.6) is 5.75 Å². The molecular formula is C20H22FNO3. The topological polar surface area (TPSA) is 38.8 Å². The third-order valence-corrected chi connectivity index (χ3v) is 4.67. The molecule has 25 heavy (non-hydrogen) atoms. The van der Waals surface area contributed by atoms with E-state index in [1.165, 1.54) is 13.2 Å². The van der Waals surface area contributed by atoms with Crippen LogP contribution in [-0.2, 0) is 11.3 Å². The third-order valence-electron chi connectivity index (χ3n) is 4.67. The van der Waals surface area contributed by atoms with Crippen LogP contribution < -0.4 is 4.74 Å².